The summed E-state index contributed by atoms with van der Waals surface area (Å²) < 4.78 is 0. The molecule has 7 heteroatoms. The molecule has 0 radical (unpaired) electrons. The van der Waals surface area contributed by atoms with Crippen LogP contribution in [0.25, 0.3) is 0 Å². The fraction of sp³-hybridized carbons (Fsp3) is 0.500. The highest BCUT2D eigenvalue weighted by Gasteiger charge is 2.29. The van der Waals surface area contributed by atoms with Gasteiger partial charge in [0.1, 0.15) is 11.3 Å². The van der Waals surface area contributed by atoms with Gasteiger partial charge in [-0.25, -0.2) is 0 Å². The number of nitro benzene ring substituents is 1. The van der Waals surface area contributed by atoms with Gasteiger partial charge in [-0.15, -0.1) is 0 Å². The average Bonchev–Trinajstić information content (AvgIpc) is 3.27. The molecule has 3 N–H and O–H groups in total. The highest BCUT2D eigenvalue weighted by atomic mass is 16.6. The molecule has 1 atom stereocenters. The maximum atomic E-state index is 12.1. The standard InChI is InChI=1S/C14H20N4O3/c1-9(17(2)10-6-7-10)8-16-14(19)11-4-3-5-12(15)13(11)18(20)21/h3-5,9-10H,6-8,15H2,1-2H3,(H,16,19). The van der Waals surface area contributed by atoms with Crippen molar-refractivity contribution >= 4 is 17.3 Å². The Morgan fingerprint density at radius 2 is 2.24 bits per heavy atom. The number of hydrogen-bond donors (Lipinski definition) is 2. The van der Waals surface area contributed by atoms with Crippen LogP contribution in [0.1, 0.15) is 30.1 Å². The number of benzene rings is 1. The normalized spacial score (nSPS) is 15.8. The van der Waals surface area contributed by atoms with E-state index < -0.39 is 10.8 Å². The molecule has 1 aromatic carbocycles. The van der Waals surface area contributed by atoms with Crippen molar-refractivity contribution in [1.82, 2.24) is 10.2 Å². The number of nitrogens with two attached hydrogens (primary N) is 1. The topological polar surface area (TPSA) is 102 Å². The zero-order chi connectivity index (χ0) is 15.6. The number of nitrogens with zero attached hydrogens (tertiary/aromatic N) is 2. The third kappa shape index (κ3) is 3.49. The van der Waals surface area contributed by atoms with Crippen molar-refractivity contribution in [3.63, 3.8) is 0 Å². The summed E-state index contributed by atoms with van der Waals surface area (Å²) in [5, 5.41) is 13.8. The van der Waals surface area contributed by atoms with E-state index in [4.69, 9.17) is 5.73 Å². The Hall–Kier alpha value is -2.15. The van der Waals surface area contributed by atoms with Gasteiger partial charge in [-0.05, 0) is 38.9 Å². The van der Waals surface area contributed by atoms with Crippen LogP contribution in [0.5, 0.6) is 0 Å². The van der Waals surface area contributed by atoms with Gasteiger partial charge in [0.05, 0.1) is 4.92 Å². The maximum absolute atomic E-state index is 12.1. The number of nitrogen functional groups attached to an aromatic ring is 1. The number of carbonyl (C=O) groups excluding carboxylic acids is 1. The van der Waals surface area contributed by atoms with E-state index in [0.717, 1.165) is 0 Å². The molecular weight excluding hydrogens is 272 g/mol. The van der Waals surface area contributed by atoms with Crippen LogP contribution in [-0.2, 0) is 0 Å². The van der Waals surface area contributed by atoms with Gasteiger partial charge in [0, 0.05) is 18.6 Å². The molecule has 0 aliphatic heterocycles. The van der Waals surface area contributed by atoms with Crippen molar-refractivity contribution in [3.05, 3.63) is 33.9 Å². The van der Waals surface area contributed by atoms with E-state index in [0.29, 0.717) is 12.6 Å². The second-order valence-electron chi connectivity index (χ2n) is 5.46. The molecular formula is C14H20N4O3. The molecule has 0 aromatic heterocycles. The Bertz CT molecular complexity index is 557. The SMILES string of the molecule is CC(CNC(=O)c1cccc(N)c1[N+](=O)[O-])N(C)C1CC1. The van der Waals surface area contributed by atoms with Crippen LogP contribution in [0.4, 0.5) is 11.4 Å². The first kappa shape index (κ1) is 15.2. The predicted molar refractivity (Wildman–Crippen MR) is 80.1 cm³/mol. The minimum absolute atomic E-state index is 0.00118. The van der Waals surface area contributed by atoms with E-state index in [9.17, 15) is 14.9 Å². The average molecular weight is 292 g/mol. The summed E-state index contributed by atoms with van der Waals surface area (Å²) in [5.74, 6) is -0.468. The van der Waals surface area contributed by atoms with Gasteiger partial charge < -0.3 is 11.1 Å². The van der Waals surface area contributed by atoms with Crippen molar-refractivity contribution in [2.45, 2.75) is 31.8 Å². The zero-order valence-electron chi connectivity index (χ0n) is 12.2. The third-order valence-electron chi connectivity index (χ3n) is 3.87. The van der Waals surface area contributed by atoms with E-state index >= 15 is 0 Å². The summed E-state index contributed by atoms with van der Waals surface area (Å²) in [6.07, 6.45) is 2.38. The first-order valence-electron chi connectivity index (χ1n) is 6.94. The van der Waals surface area contributed by atoms with Crippen LogP contribution < -0.4 is 11.1 Å². The lowest BCUT2D eigenvalue weighted by Crippen LogP contribution is -2.41. The van der Waals surface area contributed by atoms with Crippen molar-refractivity contribution in [2.75, 3.05) is 19.3 Å². The predicted octanol–water partition coefficient (Wildman–Crippen LogP) is 1.39. The third-order valence-corrected chi connectivity index (χ3v) is 3.87. The smallest absolute Gasteiger partial charge is 0.304 e. The molecule has 0 spiro atoms. The number of nitrogens with one attached hydrogen (secondary N) is 1. The molecule has 1 aliphatic carbocycles. The molecule has 21 heavy (non-hydrogen) atoms. The van der Waals surface area contributed by atoms with E-state index in [1.807, 2.05) is 14.0 Å². The van der Waals surface area contributed by atoms with Crippen LogP contribution in [0.3, 0.4) is 0 Å². The lowest BCUT2D eigenvalue weighted by atomic mass is 10.1. The Kier molecular flexibility index (Phi) is 4.42. The number of para-hydroxylation sites is 1. The first-order chi connectivity index (χ1) is 9.91. The van der Waals surface area contributed by atoms with E-state index in [1.165, 1.54) is 31.0 Å². The fourth-order valence-electron chi connectivity index (χ4n) is 2.27. The van der Waals surface area contributed by atoms with Gasteiger partial charge in [0.2, 0.25) is 0 Å². The number of carbonyl (C=O) groups is 1. The van der Waals surface area contributed by atoms with E-state index in [1.54, 1.807) is 0 Å². The van der Waals surface area contributed by atoms with E-state index in [-0.39, 0.29) is 23.0 Å². The molecule has 2 rings (SSSR count). The molecule has 1 unspecified atom stereocenters. The molecule has 1 aliphatic rings. The lowest BCUT2D eigenvalue weighted by molar-refractivity contribution is -0.384. The van der Waals surface area contributed by atoms with Gasteiger partial charge in [0.25, 0.3) is 5.91 Å². The number of rotatable bonds is 6. The van der Waals surface area contributed by atoms with Crippen LogP contribution in [-0.4, -0.2) is 41.4 Å². The minimum Gasteiger partial charge on any atom is -0.393 e. The fourth-order valence-corrected chi connectivity index (χ4v) is 2.27. The summed E-state index contributed by atoms with van der Waals surface area (Å²) in [6.45, 7) is 2.46. The molecule has 114 valence electrons. The van der Waals surface area contributed by atoms with Gasteiger partial charge >= 0.3 is 5.69 Å². The Balaban J connectivity index is 2.03. The number of anilines is 1. The zero-order valence-corrected chi connectivity index (χ0v) is 12.2. The van der Waals surface area contributed by atoms with Crippen molar-refractivity contribution in [1.29, 1.82) is 0 Å². The number of hydrogen-bond acceptors (Lipinski definition) is 5. The molecule has 1 fully saturated rings. The molecule has 0 bridgehead atoms. The quantitative estimate of drug-likeness (QED) is 0.468. The summed E-state index contributed by atoms with van der Waals surface area (Å²) in [5.41, 5.74) is 5.24. The molecule has 1 saturated carbocycles. The first-order valence-corrected chi connectivity index (χ1v) is 6.94. The van der Waals surface area contributed by atoms with Crippen LogP contribution in [0.2, 0.25) is 0 Å². The summed E-state index contributed by atoms with van der Waals surface area (Å²) >= 11 is 0. The van der Waals surface area contributed by atoms with Crippen molar-refractivity contribution in [3.8, 4) is 0 Å². The van der Waals surface area contributed by atoms with Crippen LogP contribution >= 0.6 is 0 Å². The monoisotopic (exact) mass is 292 g/mol. The van der Waals surface area contributed by atoms with Crippen molar-refractivity contribution < 1.29 is 9.72 Å². The highest BCUT2D eigenvalue weighted by molar-refractivity contribution is 6.00. The second kappa shape index (κ2) is 6.09. The van der Waals surface area contributed by atoms with E-state index in [2.05, 4.69) is 10.2 Å². The maximum Gasteiger partial charge on any atom is 0.304 e. The van der Waals surface area contributed by atoms with Crippen LogP contribution in [0, 0.1) is 10.1 Å². The number of likely N-dealkylation sites (N-methyl/N-ethyl adjacent to an activating group) is 1. The molecule has 7 nitrogen and oxygen atoms in total. The minimum atomic E-state index is -0.621. The van der Waals surface area contributed by atoms with Gasteiger partial charge in [-0.1, -0.05) is 6.07 Å². The molecule has 0 heterocycles. The van der Waals surface area contributed by atoms with Crippen LogP contribution in [0.15, 0.2) is 18.2 Å². The summed E-state index contributed by atoms with van der Waals surface area (Å²) in [4.78, 5) is 24.8. The van der Waals surface area contributed by atoms with Gasteiger partial charge in [0.15, 0.2) is 0 Å². The molecule has 0 saturated heterocycles. The van der Waals surface area contributed by atoms with Gasteiger partial charge in [-0.2, -0.15) is 0 Å². The second-order valence-corrected chi connectivity index (χ2v) is 5.46. The molecule has 1 aromatic rings. The number of amides is 1. The highest BCUT2D eigenvalue weighted by Crippen LogP contribution is 2.27. The van der Waals surface area contributed by atoms with Crippen molar-refractivity contribution in [2.24, 2.45) is 0 Å². The summed E-state index contributed by atoms with van der Waals surface area (Å²) in [6, 6.07) is 5.15. The summed E-state index contributed by atoms with van der Waals surface area (Å²) in [7, 11) is 2.03. The Labute approximate surface area is 123 Å². The Morgan fingerprint density at radius 3 is 2.81 bits per heavy atom. The molecule has 1 amide bonds. The largest absolute Gasteiger partial charge is 0.393 e. The lowest BCUT2D eigenvalue weighted by Gasteiger charge is -2.24. The van der Waals surface area contributed by atoms with Gasteiger partial charge in [-0.3, -0.25) is 19.8 Å². The Morgan fingerprint density at radius 1 is 1.57 bits per heavy atom. The number of nitro groups is 1.